The molecule has 0 aliphatic carbocycles. The fourth-order valence-electron chi connectivity index (χ4n) is 1.82. The smallest absolute Gasteiger partial charge is 0.307 e. The molecule has 1 aliphatic rings. The molecule has 2 unspecified atom stereocenters. The maximum absolute atomic E-state index is 11.1. The van der Waals surface area contributed by atoms with Crippen molar-refractivity contribution < 1.29 is 9.53 Å². The Hall–Kier alpha value is -0.610. The molecule has 0 amide bonds. The quantitative estimate of drug-likeness (QED) is 0.660. The minimum atomic E-state index is -0.129. The number of nitrogens with one attached hydrogen (secondary N) is 1. The molecule has 0 aromatic heterocycles. The third kappa shape index (κ3) is 2.96. The lowest BCUT2D eigenvalue weighted by Gasteiger charge is -2.29. The number of hydrogen-bond acceptors (Lipinski definition) is 4. The summed E-state index contributed by atoms with van der Waals surface area (Å²) in [6.45, 7) is 4.18. The van der Waals surface area contributed by atoms with Crippen molar-refractivity contribution in [3.05, 3.63) is 0 Å². The van der Waals surface area contributed by atoms with Gasteiger partial charge in [-0.15, -0.1) is 0 Å². The van der Waals surface area contributed by atoms with Crippen LogP contribution in [0.1, 0.15) is 19.8 Å². The summed E-state index contributed by atoms with van der Waals surface area (Å²) in [6.07, 6.45) is 1.64. The van der Waals surface area contributed by atoms with Gasteiger partial charge in [-0.3, -0.25) is 9.69 Å². The first-order chi connectivity index (χ1) is 6.65. The van der Waals surface area contributed by atoms with E-state index in [9.17, 15) is 4.79 Å². The average molecular weight is 200 g/mol. The van der Waals surface area contributed by atoms with Crippen LogP contribution in [0.2, 0.25) is 0 Å². The van der Waals surface area contributed by atoms with Gasteiger partial charge in [0.05, 0.1) is 13.5 Å². The summed E-state index contributed by atoms with van der Waals surface area (Å²) in [5, 5.41) is 3.32. The normalized spacial score (nSPS) is 23.9. The maximum Gasteiger partial charge on any atom is 0.307 e. The zero-order valence-electron chi connectivity index (χ0n) is 9.25. The van der Waals surface area contributed by atoms with E-state index >= 15 is 0 Å². The van der Waals surface area contributed by atoms with Crippen LogP contribution < -0.4 is 5.32 Å². The van der Waals surface area contributed by atoms with Gasteiger partial charge in [-0.25, -0.2) is 0 Å². The molecule has 1 fully saturated rings. The monoisotopic (exact) mass is 200 g/mol. The average Bonchev–Trinajstić information content (AvgIpc) is 2.69. The Bertz CT molecular complexity index is 191. The second-order valence-corrected chi connectivity index (χ2v) is 3.94. The first-order valence-corrected chi connectivity index (χ1v) is 5.14. The molecule has 1 heterocycles. The fraction of sp³-hybridized carbons (Fsp3) is 0.900. The number of hydrogen-bond donors (Lipinski definition) is 1. The van der Waals surface area contributed by atoms with E-state index in [0.29, 0.717) is 12.5 Å². The summed E-state index contributed by atoms with van der Waals surface area (Å²) in [6, 6.07) is 0.821. The highest BCUT2D eigenvalue weighted by atomic mass is 16.5. The van der Waals surface area contributed by atoms with Gasteiger partial charge in [0.25, 0.3) is 0 Å². The Morgan fingerprint density at radius 1 is 1.71 bits per heavy atom. The van der Waals surface area contributed by atoms with Gasteiger partial charge in [-0.2, -0.15) is 0 Å². The van der Waals surface area contributed by atoms with Crippen molar-refractivity contribution in [1.82, 2.24) is 10.2 Å². The minimum absolute atomic E-state index is 0.129. The molecule has 1 aliphatic heterocycles. The molecular weight excluding hydrogens is 180 g/mol. The van der Waals surface area contributed by atoms with Crippen molar-refractivity contribution in [1.29, 1.82) is 0 Å². The standard InChI is InChI=1S/C10H20N2O2/c1-8(6-10(13)14-3)12(2)9-4-5-11-7-9/h8-9,11H,4-7H2,1-3H3. The summed E-state index contributed by atoms with van der Waals surface area (Å²) < 4.78 is 4.65. The highest BCUT2D eigenvalue weighted by molar-refractivity contribution is 5.69. The molecular formula is C10H20N2O2. The minimum Gasteiger partial charge on any atom is -0.469 e. The number of ether oxygens (including phenoxy) is 1. The van der Waals surface area contributed by atoms with Gasteiger partial charge in [-0.1, -0.05) is 0 Å². The van der Waals surface area contributed by atoms with E-state index in [4.69, 9.17) is 0 Å². The van der Waals surface area contributed by atoms with Crippen LogP contribution in [0, 0.1) is 0 Å². The Morgan fingerprint density at radius 3 is 2.93 bits per heavy atom. The fourth-order valence-corrected chi connectivity index (χ4v) is 1.82. The molecule has 0 aromatic rings. The first kappa shape index (κ1) is 11.5. The highest BCUT2D eigenvalue weighted by Gasteiger charge is 2.24. The van der Waals surface area contributed by atoms with Gasteiger partial charge < -0.3 is 10.1 Å². The Balaban J connectivity index is 2.34. The van der Waals surface area contributed by atoms with Crippen LogP contribution in [0.4, 0.5) is 0 Å². The molecule has 4 heteroatoms. The second-order valence-electron chi connectivity index (χ2n) is 3.94. The summed E-state index contributed by atoms with van der Waals surface area (Å²) in [5.74, 6) is -0.129. The van der Waals surface area contributed by atoms with Crippen molar-refractivity contribution in [2.24, 2.45) is 0 Å². The summed E-state index contributed by atoms with van der Waals surface area (Å²) in [5.41, 5.74) is 0. The molecule has 0 saturated carbocycles. The van der Waals surface area contributed by atoms with Gasteiger partial charge in [0.15, 0.2) is 0 Å². The number of nitrogens with zero attached hydrogens (tertiary/aromatic N) is 1. The van der Waals surface area contributed by atoms with E-state index in [0.717, 1.165) is 13.1 Å². The third-order valence-electron chi connectivity index (χ3n) is 3.00. The van der Waals surface area contributed by atoms with Gasteiger partial charge in [-0.05, 0) is 26.9 Å². The van der Waals surface area contributed by atoms with Crippen molar-refractivity contribution in [2.45, 2.75) is 31.8 Å². The van der Waals surface area contributed by atoms with Crippen LogP contribution in [0.15, 0.2) is 0 Å². The molecule has 1 N–H and O–H groups in total. The first-order valence-electron chi connectivity index (χ1n) is 5.14. The Morgan fingerprint density at radius 2 is 2.43 bits per heavy atom. The lowest BCUT2D eigenvalue weighted by atomic mass is 10.1. The molecule has 2 atom stereocenters. The van der Waals surface area contributed by atoms with E-state index in [2.05, 4.69) is 28.9 Å². The topological polar surface area (TPSA) is 41.6 Å². The molecule has 1 rings (SSSR count). The number of likely N-dealkylation sites (N-methyl/N-ethyl adjacent to an activating group) is 1. The SMILES string of the molecule is COC(=O)CC(C)N(C)C1CCNC1. The summed E-state index contributed by atoms with van der Waals surface area (Å²) in [7, 11) is 3.51. The third-order valence-corrected chi connectivity index (χ3v) is 3.00. The summed E-state index contributed by atoms with van der Waals surface area (Å²) >= 11 is 0. The van der Waals surface area contributed by atoms with E-state index in [1.54, 1.807) is 0 Å². The molecule has 4 nitrogen and oxygen atoms in total. The van der Waals surface area contributed by atoms with Crippen molar-refractivity contribution in [3.8, 4) is 0 Å². The largest absolute Gasteiger partial charge is 0.469 e. The Labute approximate surface area is 85.6 Å². The predicted octanol–water partition coefficient (Wildman–Crippen LogP) is 0.232. The van der Waals surface area contributed by atoms with Crippen molar-refractivity contribution >= 4 is 5.97 Å². The van der Waals surface area contributed by atoms with E-state index in [1.807, 2.05) is 0 Å². The summed E-state index contributed by atoms with van der Waals surface area (Å²) in [4.78, 5) is 13.3. The maximum atomic E-state index is 11.1. The lowest BCUT2D eigenvalue weighted by molar-refractivity contribution is -0.141. The molecule has 0 bridgehead atoms. The van der Waals surface area contributed by atoms with Gasteiger partial charge in [0.1, 0.15) is 0 Å². The highest BCUT2D eigenvalue weighted by Crippen LogP contribution is 2.12. The van der Waals surface area contributed by atoms with Crippen LogP contribution >= 0.6 is 0 Å². The van der Waals surface area contributed by atoms with Crippen LogP contribution in [-0.4, -0.2) is 50.2 Å². The van der Waals surface area contributed by atoms with Crippen LogP contribution in [0.25, 0.3) is 0 Å². The number of rotatable bonds is 4. The number of carbonyl (C=O) groups is 1. The molecule has 0 spiro atoms. The van der Waals surface area contributed by atoms with Crippen LogP contribution in [0.5, 0.6) is 0 Å². The van der Waals surface area contributed by atoms with Crippen LogP contribution in [0.3, 0.4) is 0 Å². The van der Waals surface area contributed by atoms with Crippen molar-refractivity contribution in [3.63, 3.8) is 0 Å². The number of carbonyl (C=O) groups excluding carboxylic acids is 1. The van der Waals surface area contributed by atoms with Gasteiger partial charge in [0.2, 0.25) is 0 Å². The Kier molecular flexibility index (Phi) is 4.35. The second kappa shape index (κ2) is 5.32. The van der Waals surface area contributed by atoms with Gasteiger partial charge >= 0.3 is 5.97 Å². The predicted molar refractivity (Wildman–Crippen MR) is 55.1 cm³/mol. The van der Waals surface area contributed by atoms with Gasteiger partial charge in [0, 0.05) is 18.6 Å². The van der Waals surface area contributed by atoms with Crippen molar-refractivity contribution in [2.75, 3.05) is 27.2 Å². The zero-order chi connectivity index (χ0) is 10.6. The molecule has 14 heavy (non-hydrogen) atoms. The molecule has 82 valence electrons. The van der Waals surface area contributed by atoms with E-state index in [-0.39, 0.29) is 12.0 Å². The number of methoxy groups -OCH3 is 1. The van der Waals surface area contributed by atoms with Crippen LogP contribution in [-0.2, 0) is 9.53 Å². The zero-order valence-corrected chi connectivity index (χ0v) is 9.25. The molecule has 0 radical (unpaired) electrons. The number of esters is 1. The van der Waals surface area contributed by atoms with E-state index in [1.165, 1.54) is 13.5 Å². The van der Waals surface area contributed by atoms with E-state index < -0.39 is 0 Å². The lowest BCUT2D eigenvalue weighted by Crippen LogP contribution is -2.41. The molecule has 1 saturated heterocycles. The molecule has 0 aromatic carbocycles.